The van der Waals surface area contributed by atoms with E-state index in [1.807, 2.05) is 36.4 Å². The van der Waals surface area contributed by atoms with Gasteiger partial charge in [-0.15, -0.1) is 0 Å². The van der Waals surface area contributed by atoms with Crippen molar-refractivity contribution in [3.63, 3.8) is 0 Å². The lowest BCUT2D eigenvalue weighted by Crippen LogP contribution is -2.02. The van der Waals surface area contributed by atoms with Crippen molar-refractivity contribution in [1.29, 1.82) is 0 Å². The summed E-state index contributed by atoms with van der Waals surface area (Å²) in [5.74, 6) is 0.791. The predicted molar refractivity (Wildman–Crippen MR) is 116 cm³/mol. The van der Waals surface area contributed by atoms with Crippen LogP contribution < -0.4 is 10.1 Å². The van der Waals surface area contributed by atoms with Gasteiger partial charge in [0, 0.05) is 17.3 Å². The molecule has 0 bridgehead atoms. The SMILES string of the molecule is Cc1ccccc1NCc1cc(Br)c(OCc2ccc(Cl)cc2)c(Br)c1. The molecule has 0 aliphatic heterocycles. The first-order valence-electron chi connectivity index (χ1n) is 8.17. The molecule has 0 spiro atoms. The molecule has 0 heterocycles. The van der Waals surface area contributed by atoms with Crippen molar-refractivity contribution in [3.8, 4) is 5.75 Å². The molecule has 0 atom stereocenters. The predicted octanol–water partition coefficient (Wildman–Crippen LogP) is 7.36. The maximum atomic E-state index is 5.97. The molecule has 2 nitrogen and oxygen atoms in total. The molecule has 0 amide bonds. The fourth-order valence-corrected chi connectivity index (χ4v) is 4.19. The summed E-state index contributed by atoms with van der Waals surface area (Å²) in [6.45, 7) is 3.32. The number of aryl methyl sites for hydroxylation is 1. The van der Waals surface area contributed by atoms with E-state index in [4.69, 9.17) is 16.3 Å². The first-order chi connectivity index (χ1) is 12.5. The van der Waals surface area contributed by atoms with Crippen molar-refractivity contribution in [2.75, 3.05) is 5.32 Å². The van der Waals surface area contributed by atoms with Crippen LogP contribution in [-0.2, 0) is 13.2 Å². The molecule has 3 aromatic rings. The Balaban J connectivity index is 1.67. The highest BCUT2D eigenvalue weighted by Gasteiger charge is 2.10. The van der Waals surface area contributed by atoms with Crippen LogP contribution in [0, 0.1) is 6.92 Å². The van der Waals surface area contributed by atoms with Crippen molar-refractivity contribution in [2.24, 2.45) is 0 Å². The van der Waals surface area contributed by atoms with Gasteiger partial charge in [0.05, 0.1) is 8.95 Å². The lowest BCUT2D eigenvalue weighted by molar-refractivity contribution is 0.302. The van der Waals surface area contributed by atoms with Gasteiger partial charge in [-0.2, -0.15) is 0 Å². The Morgan fingerprint density at radius 3 is 2.23 bits per heavy atom. The van der Waals surface area contributed by atoms with Gasteiger partial charge in [-0.25, -0.2) is 0 Å². The third kappa shape index (κ3) is 5.03. The van der Waals surface area contributed by atoms with Crippen LogP contribution in [0.2, 0.25) is 5.02 Å². The van der Waals surface area contributed by atoms with Crippen LogP contribution in [0.5, 0.6) is 5.75 Å². The molecule has 0 saturated carbocycles. The minimum Gasteiger partial charge on any atom is -0.487 e. The van der Waals surface area contributed by atoms with Crippen LogP contribution >= 0.6 is 43.5 Å². The smallest absolute Gasteiger partial charge is 0.148 e. The fraction of sp³-hybridized carbons (Fsp3) is 0.143. The monoisotopic (exact) mass is 493 g/mol. The third-order valence-electron chi connectivity index (χ3n) is 3.98. The molecule has 1 N–H and O–H groups in total. The highest BCUT2D eigenvalue weighted by atomic mass is 79.9. The van der Waals surface area contributed by atoms with Gasteiger partial charge in [-0.3, -0.25) is 0 Å². The molecule has 5 heteroatoms. The first kappa shape index (κ1) is 19.3. The Labute approximate surface area is 175 Å². The standard InChI is InChI=1S/C21H18Br2ClNO/c1-14-4-2-3-5-20(14)25-12-16-10-18(22)21(19(23)11-16)26-13-15-6-8-17(24)9-7-15/h2-11,25H,12-13H2,1H3. The topological polar surface area (TPSA) is 21.3 Å². The van der Waals surface area contributed by atoms with E-state index in [9.17, 15) is 0 Å². The van der Waals surface area contributed by atoms with Crippen molar-refractivity contribution >= 4 is 49.1 Å². The molecule has 134 valence electrons. The summed E-state index contributed by atoms with van der Waals surface area (Å²) in [5, 5.41) is 4.19. The van der Waals surface area contributed by atoms with Crippen LogP contribution in [0.25, 0.3) is 0 Å². The summed E-state index contributed by atoms with van der Waals surface area (Å²) in [6, 6.07) is 20.1. The molecule has 0 aliphatic carbocycles. The first-order valence-corrected chi connectivity index (χ1v) is 10.1. The van der Waals surface area contributed by atoms with Crippen molar-refractivity contribution < 1.29 is 4.74 Å². The molecule has 3 aromatic carbocycles. The molecular weight excluding hydrogens is 477 g/mol. The number of para-hydroxylation sites is 1. The molecular formula is C21H18Br2ClNO. The zero-order valence-electron chi connectivity index (χ0n) is 14.2. The van der Waals surface area contributed by atoms with Gasteiger partial charge in [-0.1, -0.05) is 41.9 Å². The fourth-order valence-electron chi connectivity index (χ4n) is 2.56. The summed E-state index contributed by atoms with van der Waals surface area (Å²) in [7, 11) is 0. The van der Waals surface area contributed by atoms with Crippen LogP contribution in [-0.4, -0.2) is 0 Å². The number of nitrogens with one attached hydrogen (secondary N) is 1. The van der Waals surface area contributed by atoms with E-state index >= 15 is 0 Å². The molecule has 0 saturated heterocycles. The summed E-state index contributed by atoms with van der Waals surface area (Å²) >= 11 is 13.2. The Morgan fingerprint density at radius 1 is 0.923 bits per heavy atom. The molecule has 3 rings (SSSR count). The zero-order chi connectivity index (χ0) is 18.5. The quantitative estimate of drug-likeness (QED) is 0.386. The molecule has 0 aromatic heterocycles. The summed E-state index contributed by atoms with van der Waals surface area (Å²) in [5.41, 5.74) is 4.60. The van der Waals surface area contributed by atoms with E-state index in [-0.39, 0.29) is 0 Å². The number of hydrogen-bond acceptors (Lipinski definition) is 2. The molecule has 26 heavy (non-hydrogen) atoms. The van der Waals surface area contributed by atoms with E-state index in [1.54, 1.807) is 0 Å². The number of hydrogen-bond donors (Lipinski definition) is 1. The number of benzene rings is 3. The summed E-state index contributed by atoms with van der Waals surface area (Å²) in [4.78, 5) is 0. The minimum atomic E-state index is 0.481. The Bertz CT molecular complexity index is 874. The van der Waals surface area contributed by atoms with Gasteiger partial charge in [0.1, 0.15) is 12.4 Å². The number of ether oxygens (including phenoxy) is 1. The third-order valence-corrected chi connectivity index (χ3v) is 5.41. The van der Waals surface area contributed by atoms with Crippen molar-refractivity contribution in [3.05, 3.63) is 91.3 Å². The highest BCUT2D eigenvalue weighted by Crippen LogP contribution is 2.35. The van der Waals surface area contributed by atoms with E-state index < -0.39 is 0 Å². The van der Waals surface area contributed by atoms with Gasteiger partial charge < -0.3 is 10.1 Å². The van der Waals surface area contributed by atoms with Gasteiger partial charge in [0.15, 0.2) is 0 Å². The van der Waals surface area contributed by atoms with Gasteiger partial charge >= 0.3 is 0 Å². The molecule has 0 aliphatic rings. The second kappa shape index (κ2) is 8.94. The van der Waals surface area contributed by atoms with Gasteiger partial charge in [-0.05, 0) is 85.8 Å². The molecule has 0 unspecified atom stereocenters. The second-order valence-electron chi connectivity index (χ2n) is 5.97. The average Bonchev–Trinajstić information content (AvgIpc) is 2.62. The number of rotatable bonds is 6. The Hall–Kier alpha value is -1.49. The summed E-state index contributed by atoms with van der Waals surface area (Å²) in [6.07, 6.45) is 0. The Morgan fingerprint density at radius 2 is 1.58 bits per heavy atom. The van der Waals surface area contributed by atoms with Crippen LogP contribution in [0.1, 0.15) is 16.7 Å². The Kier molecular flexibility index (Phi) is 6.63. The van der Waals surface area contributed by atoms with Crippen molar-refractivity contribution in [1.82, 2.24) is 0 Å². The second-order valence-corrected chi connectivity index (χ2v) is 8.12. The maximum absolute atomic E-state index is 5.97. The summed E-state index contributed by atoms with van der Waals surface area (Å²) < 4.78 is 7.81. The van der Waals surface area contributed by atoms with Crippen LogP contribution in [0.4, 0.5) is 5.69 Å². The van der Waals surface area contributed by atoms with Gasteiger partial charge in [0.2, 0.25) is 0 Å². The van der Waals surface area contributed by atoms with Crippen LogP contribution in [0.15, 0.2) is 69.6 Å². The number of anilines is 1. The molecule has 0 radical (unpaired) electrons. The zero-order valence-corrected chi connectivity index (χ0v) is 18.2. The minimum absolute atomic E-state index is 0.481. The highest BCUT2D eigenvalue weighted by molar-refractivity contribution is 9.11. The van der Waals surface area contributed by atoms with Gasteiger partial charge in [0.25, 0.3) is 0 Å². The van der Waals surface area contributed by atoms with E-state index in [0.717, 1.165) is 43.1 Å². The van der Waals surface area contributed by atoms with Crippen molar-refractivity contribution in [2.45, 2.75) is 20.1 Å². The number of halogens is 3. The van der Waals surface area contributed by atoms with Crippen LogP contribution in [0.3, 0.4) is 0 Å². The van der Waals surface area contributed by atoms with E-state index in [2.05, 4.69) is 68.4 Å². The van der Waals surface area contributed by atoms with E-state index in [0.29, 0.717) is 6.61 Å². The lowest BCUT2D eigenvalue weighted by Gasteiger charge is -2.14. The molecule has 0 fully saturated rings. The largest absolute Gasteiger partial charge is 0.487 e. The lowest BCUT2D eigenvalue weighted by atomic mass is 10.1. The maximum Gasteiger partial charge on any atom is 0.148 e. The average molecular weight is 496 g/mol. The normalized spacial score (nSPS) is 10.6. The van der Waals surface area contributed by atoms with E-state index in [1.165, 1.54) is 5.56 Å².